The van der Waals surface area contributed by atoms with E-state index in [-0.39, 0.29) is 18.1 Å². The van der Waals surface area contributed by atoms with Crippen LogP contribution in [0.5, 0.6) is 0 Å². The number of hydrogen-bond donors (Lipinski definition) is 0. The van der Waals surface area contributed by atoms with Crippen LogP contribution in [0.1, 0.15) is 21.6 Å². The van der Waals surface area contributed by atoms with Gasteiger partial charge in [-0.3, -0.25) is 9.59 Å². The summed E-state index contributed by atoms with van der Waals surface area (Å²) in [6.07, 6.45) is -0.328. The highest BCUT2D eigenvalue weighted by Gasteiger charge is 2.67. The second-order valence-corrected chi connectivity index (χ2v) is 8.25. The Kier molecular flexibility index (Phi) is 3.39. The van der Waals surface area contributed by atoms with Crippen molar-refractivity contribution in [3.05, 3.63) is 59.3 Å². The van der Waals surface area contributed by atoms with Crippen molar-refractivity contribution < 1.29 is 33.8 Å². The number of methoxy groups -OCH3 is 1. The van der Waals surface area contributed by atoms with Gasteiger partial charge in [0.15, 0.2) is 16.2 Å². The molecule has 1 unspecified atom stereocenters. The van der Waals surface area contributed by atoms with Gasteiger partial charge in [0.2, 0.25) is 0 Å². The summed E-state index contributed by atoms with van der Waals surface area (Å²) < 4.78 is 70.2. The van der Waals surface area contributed by atoms with E-state index in [9.17, 15) is 29.0 Å². The number of ether oxygens (including phenoxy) is 1. The first-order valence-electron chi connectivity index (χ1n) is 7.22. The van der Waals surface area contributed by atoms with E-state index in [1.165, 1.54) is 18.2 Å². The molecule has 0 fully saturated rings. The Hall–Kier alpha value is -2.49. The molecule has 0 saturated carbocycles. The average molecular weight is 393 g/mol. The van der Waals surface area contributed by atoms with Crippen LogP contribution < -0.4 is 0 Å². The highest BCUT2D eigenvalue weighted by Crippen LogP contribution is 3.01. The molecule has 1 aromatic heterocycles. The van der Waals surface area contributed by atoms with Crippen LogP contribution in [0.25, 0.3) is 0 Å². The maximum absolute atomic E-state index is 13.1. The van der Waals surface area contributed by atoms with Crippen LogP contribution in [0.3, 0.4) is 0 Å². The number of aromatic nitrogens is 1. The Bertz CT molecular complexity index is 945. The molecule has 1 aromatic carbocycles. The minimum atomic E-state index is -10.1. The lowest BCUT2D eigenvalue weighted by Gasteiger charge is -2.39. The smallest absolute Gasteiger partial charge is 0.326 e. The van der Waals surface area contributed by atoms with Gasteiger partial charge in [0, 0.05) is 12.0 Å². The van der Waals surface area contributed by atoms with Crippen molar-refractivity contribution in [1.29, 1.82) is 0 Å². The number of ketones is 1. The number of esters is 1. The summed E-state index contributed by atoms with van der Waals surface area (Å²) in [6, 6.07) is 7.76. The number of rotatable bonds is 3. The molecule has 4 nitrogen and oxygen atoms in total. The molecule has 10 heteroatoms. The number of hydrogen-bond acceptors (Lipinski definition) is 4. The fourth-order valence-corrected chi connectivity index (χ4v) is 3.62. The van der Waals surface area contributed by atoms with Crippen LogP contribution in [0.2, 0.25) is 0 Å². The quantitative estimate of drug-likeness (QED) is 0.435. The number of Topliss-reactive ketones (excluding diaryl/α,β-unsaturated/α-hetero) is 1. The molecule has 0 amide bonds. The summed E-state index contributed by atoms with van der Waals surface area (Å²) in [6.45, 7) is 0. The monoisotopic (exact) mass is 393 g/mol. The minimum Gasteiger partial charge on any atom is -0.468 e. The predicted octanol–water partition coefficient (Wildman–Crippen LogP) is 4.59. The van der Waals surface area contributed by atoms with E-state index in [1.807, 2.05) is 0 Å². The van der Waals surface area contributed by atoms with Crippen LogP contribution in [-0.4, -0.2) is 23.8 Å². The zero-order valence-electron chi connectivity index (χ0n) is 13.2. The SMILES string of the molecule is COC(=O)C1(c2cccc(S(F)(F)(F)(F)F)n2)Cc2ccccc2C1=O. The first kappa shape index (κ1) is 18.3. The summed E-state index contributed by atoms with van der Waals surface area (Å²) >= 11 is 0. The predicted molar refractivity (Wildman–Crippen MR) is 83.8 cm³/mol. The van der Waals surface area contributed by atoms with E-state index in [1.54, 1.807) is 6.07 Å². The Balaban J connectivity index is 2.26. The maximum atomic E-state index is 13.1. The molecule has 0 N–H and O–H groups in total. The summed E-state index contributed by atoms with van der Waals surface area (Å²) in [5.41, 5.74) is -2.46. The molecule has 0 saturated heterocycles. The summed E-state index contributed by atoms with van der Waals surface area (Å²) in [7, 11) is -9.14. The standard InChI is InChI=1S/C16H12F5NO3S/c1-25-15(24)16(9-10-5-2-3-6-11(10)14(16)23)12-7-4-8-13(22-12)26(17,18,19,20)21/h2-8H,9H2,1H3. The molecule has 140 valence electrons. The van der Waals surface area contributed by atoms with Crippen molar-refractivity contribution in [1.82, 2.24) is 4.98 Å². The van der Waals surface area contributed by atoms with Gasteiger partial charge in [-0.2, -0.15) is 0 Å². The van der Waals surface area contributed by atoms with Crippen LogP contribution in [0.15, 0.2) is 47.5 Å². The van der Waals surface area contributed by atoms with Gasteiger partial charge in [-0.05, 0) is 17.7 Å². The Morgan fingerprint density at radius 3 is 2.31 bits per heavy atom. The molecule has 0 spiro atoms. The molecule has 3 rings (SSSR count). The van der Waals surface area contributed by atoms with Crippen LogP contribution in [-0.2, 0) is 21.4 Å². The number of carbonyl (C=O) groups excluding carboxylic acids is 2. The molecule has 1 aliphatic rings. The van der Waals surface area contributed by atoms with Gasteiger partial charge >= 0.3 is 16.2 Å². The largest absolute Gasteiger partial charge is 0.468 e. The zero-order chi connectivity index (χ0) is 19.4. The molecule has 26 heavy (non-hydrogen) atoms. The topological polar surface area (TPSA) is 56.3 Å². The summed E-state index contributed by atoms with van der Waals surface area (Å²) in [5, 5.41) is -2.41. The van der Waals surface area contributed by atoms with Crippen LogP contribution >= 0.6 is 10.2 Å². The van der Waals surface area contributed by atoms with Gasteiger partial charge in [-0.25, -0.2) is 4.98 Å². The van der Waals surface area contributed by atoms with Crippen LogP contribution in [0.4, 0.5) is 19.4 Å². The maximum Gasteiger partial charge on any atom is 0.326 e. The summed E-state index contributed by atoms with van der Waals surface area (Å²) in [5.74, 6) is -2.00. The van der Waals surface area contributed by atoms with Crippen LogP contribution in [0, 0.1) is 0 Å². The zero-order valence-corrected chi connectivity index (χ0v) is 14.0. The van der Waals surface area contributed by atoms with E-state index in [0.29, 0.717) is 11.6 Å². The third kappa shape index (κ3) is 2.74. The normalized spacial score (nSPS) is 22.3. The van der Waals surface area contributed by atoms with E-state index in [2.05, 4.69) is 9.72 Å². The number of halogens is 5. The first-order valence-corrected chi connectivity index (χ1v) is 9.17. The second-order valence-electron chi connectivity index (χ2n) is 5.89. The molecular formula is C16H12F5NO3S. The van der Waals surface area contributed by atoms with Gasteiger partial charge in [0.1, 0.15) is 0 Å². The van der Waals surface area contributed by atoms with Crippen molar-refractivity contribution in [2.45, 2.75) is 16.9 Å². The number of nitrogens with zero attached hydrogens (tertiary/aromatic N) is 1. The Labute approximate surface area is 144 Å². The number of fused-ring (bicyclic) bond motifs is 1. The van der Waals surface area contributed by atoms with Gasteiger partial charge in [0.25, 0.3) is 0 Å². The second kappa shape index (κ2) is 4.81. The average Bonchev–Trinajstić information content (AvgIpc) is 2.86. The van der Waals surface area contributed by atoms with Gasteiger partial charge < -0.3 is 4.74 Å². The third-order valence-corrected chi connectivity index (χ3v) is 5.21. The number of pyridine rings is 1. The molecular weight excluding hydrogens is 381 g/mol. The van der Waals surface area contributed by atoms with E-state index in [4.69, 9.17) is 0 Å². The van der Waals surface area contributed by atoms with Crippen molar-refractivity contribution in [3.8, 4) is 0 Å². The van der Waals surface area contributed by atoms with Gasteiger partial charge in [-0.1, -0.05) is 49.8 Å². The molecule has 1 heterocycles. The number of benzene rings is 1. The highest BCUT2D eigenvalue weighted by atomic mass is 32.5. The minimum absolute atomic E-state index is 0.109. The summed E-state index contributed by atoms with van der Waals surface area (Å²) in [4.78, 5) is 28.2. The molecule has 1 aliphatic carbocycles. The fourth-order valence-electron chi connectivity index (χ4n) is 3.01. The highest BCUT2D eigenvalue weighted by molar-refractivity contribution is 8.45. The lowest BCUT2D eigenvalue weighted by atomic mass is 9.80. The molecule has 2 aromatic rings. The molecule has 0 radical (unpaired) electrons. The third-order valence-electron chi connectivity index (χ3n) is 4.20. The van der Waals surface area contributed by atoms with E-state index in [0.717, 1.165) is 13.2 Å². The lowest BCUT2D eigenvalue weighted by molar-refractivity contribution is -0.145. The van der Waals surface area contributed by atoms with Crippen molar-refractivity contribution >= 4 is 22.0 Å². The van der Waals surface area contributed by atoms with Gasteiger partial charge in [-0.15, -0.1) is 0 Å². The van der Waals surface area contributed by atoms with Crippen molar-refractivity contribution in [2.24, 2.45) is 0 Å². The Morgan fingerprint density at radius 2 is 1.73 bits per heavy atom. The van der Waals surface area contributed by atoms with Crippen molar-refractivity contribution in [2.75, 3.05) is 7.11 Å². The number of carbonyl (C=O) groups is 2. The molecule has 0 bridgehead atoms. The molecule has 1 atom stereocenters. The van der Waals surface area contributed by atoms with Crippen molar-refractivity contribution in [3.63, 3.8) is 0 Å². The fraction of sp³-hybridized carbons (Fsp3) is 0.188. The van der Waals surface area contributed by atoms with E-state index < -0.39 is 38.1 Å². The van der Waals surface area contributed by atoms with Gasteiger partial charge in [0.05, 0.1) is 12.8 Å². The first-order chi connectivity index (χ1) is 11.8. The Morgan fingerprint density at radius 1 is 1.08 bits per heavy atom. The molecule has 0 aliphatic heterocycles. The lowest BCUT2D eigenvalue weighted by Crippen LogP contribution is -2.43. The van der Waals surface area contributed by atoms with E-state index >= 15 is 0 Å².